The number of fused-ring (bicyclic) bond motifs is 1. The van der Waals surface area contributed by atoms with E-state index in [4.69, 9.17) is 16.0 Å². The molecule has 0 bridgehead atoms. The fourth-order valence-electron chi connectivity index (χ4n) is 3.29. The molecule has 1 aromatic heterocycles. The van der Waals surface area contributed by atoms with Gasteiger partial charge in [0.2, 0.25) is 5.89 Å². The Kier molecular flexibility index (Phi) is 4.08. The van der Waals surface area contributed by atoms with E-state index in [1.807, 2.05) is 24.3 Å². The van der Waals surface area contributed by atoms with Gasteiger partial charge in [0, 0.05) is 22.6 Å². The Hall–Kier alpha value is -2.17. The van der Waals surface area contributed by atoms with E-state index in [0.717, 1.165) is 25.1 Å². The molecule has 4 nitrogen and oxygen atoms in total. The van der Waals surface area contributed by atoms with Crippen molar-refractivity contribution in [1.29, 1.82) is 0 Å². The third-order valence-corrected chi connectivity index (χ3v) is 4.98. The van der Waals surface area contributed by atoms with Crippen LogP contribution in [-0.2, 0) is 13.0 Å². The molecular formula is C19H19ClN3O+. The van der Waals surface area contributed by atoms with Gasteiger partial charge in [0.1, 0.15) is 6.54 Å². The Balaban J connectivity index is 1.55. The normalized spacial score (nSPS) is 18.2. The lowest BCUT2D eigenvalue weighted by Crippen LogP contribution is -3.11. The first-order valence-corrected chi connectivity index (χ1v) is 8.59. The molecule has 2 heterocycles. The van der Waals surface area contributed by atoms with Gasteiger partial charge in [-0.15, -0.1) is 10.2 Å². The van der Waals surface area contributed by atoms with Gasteiger partial charge in [0.15, 0.2) is 6.04 Å². The van der Waals surface area contributed by atoms with Crippen LogP contribution in [-0.4, -0.2) is 16.7 Å². The van der Waals surface area contributed by atoms with Gasteiger partial charge in [-0.05, 0) is 30.7 Å². The van der Waals surface area contributed by atoms with Crippen molar-refractivity contribution in [1.82, 2.24) is 10.2 Å². The molecule has 0 spiro atoms. The first-order valence-electron chi connectivity index (χ1n) is 8.21. The van der Waals surface area contributed by atoms with Crippen molar-refractivity contribution in [3.63, 3.8) is 0 Å². The van der Waals surface area contributed by atoms with Crippen molar-refractivity contribution in [2.45, 2.75) is 25.9 Å². The van der Waals surface area contributed by atoms with Crippen LogP contribution in [0.25, 0.3) is 11.5 Å². The van der Waals surface area contributed by atoms with Crippen LogP contribution in [0.3, 0.4) is 0 Å². The van der Waals surface area contributed by atoms with Crippen molar-refractivity contribution >= 4 is 11.6 Å². The summed E-state index contributed by atoms with van der Waals surface area (Å²) in [5, 5.41) is 9.14. The highest BCUT2D eigenvalue weighted by molar-refractivity contribution is 6.30. The second kappa shape index (κ2) is 6.38. The molecule has 24 heavy (non-hydrogen) atoms. The maximum Gasteiger partial charge on any atom is 0.274 e. The second-order valence-electron chi connectivity index (χ2n) is 6.28. The average Bonchev–Trinajstić information content (AvgIpc) is 3.11. The summed E-state index contributed by atoms with van der Waals surface area (Å²) >= 11 is 6.04. The number of benzene rings is 2. The number of quaternary nitrogens is 1. The van der Waals surface area contributed by atoms with E-state index in [-0.39, 0.29) is 6.04 Å². The maximum atomic E-state index is 6.04. The lowest BCUT2D eigenvalue weighted by Gasteiger charge is -2.28. The summed E-state index contributed by atoms with van der Waals surface area (Å²) in [6.45, 7) is 4.22. The highest BCUT2D eigenvalue weighted by atomic mass is 35.5. The van der Waals surface area contributed by atoms with Crippen LogP contribution < -0.4 is 4.90 Å². The molecule has 5 heteroatoms. The summed E-state index contributed by atoms with van der Waals surface area (Å²) in [7, 11) is 0. The molecule has 0 aliphatic carbocycles. The molecular weight excluding hydrogens is 322 g/mol. The van der Waals surface area contributed by atoms with Crippen LogP contribution in [0.5, 0.6) is 0 Å². The Morgan fingerprint density at radius 2 is 1.92 bits per heavy atom. The lowest BCUT2D eigenvalue weighted by atomic mass is 9.99. The van der Waals surface area contributed by atoms with Crippen LogP contribution in [0.1, 0.15) is 30.0 Å². The zero-order chi connectivity index (χ0) is 16.5. The van der Waals surface area contributed by atoms with Crippen LogP contribution in [0, 0.1) is 0 Å². The summed E-state index contributed by atoms with van der Waals surface area (Å²) in [6, 6.07) is 16.3. The van der Waals surface area contributed by atoms with Gasteiger partial charge in [0.25, 0.3) is 5.89 Å². The molecule has 0 amide bonds. The van der Waals surface area contributed by atoms with Crippen LogP contribution in [0.15, 0.2) is 52.9 Å². The number of hydrogen-bond donors (Lipinski definition) is 1. The zero-order valence-electron chi connectivity index (χ0n) is 13.5. The zero-order valence-corrected chi connectivity index (χ0v) is 14.3. The molecule has 1 aliphatic rings. The van der Waals surface area contributed by atoms with Crippen molar-refractivity contribution in [3.8, 4) is 11.5 Å². The number of aromatic nitrogens is 2. The molecule has 2 aromatic carbocycles. The van der Waals surface area contributed by atoms with E-state index in [1.54, 1.807) is 0 Å². The summed E-state index contributed by atoms with van der Waals surface area (Å²) in [6.07, 6.45) is 1.09. The van der Waals surface area contributed by atoms with Gasteiger partial charge in [-0.3, -0.25) is 0 Å². The van der Waals surface area contributed by atoms with Crippen LogP contribution >= 0.6 is 11.6 Å². The van der Waals surface area contributed by atoms with Gasteiger partial charge in [0.05, 0.1) is 6.54 Å². The molecule has 1 N–H and O–H groups in total. The Bertz CT molecular complexity index is 861. The fourth-order valence-corrected chi connectivity index (χ4v) is 3.48. The average molecular weight is 341 g/mol. The van der Waals surface area contributed by atoms with Crippen LogP contribution in [0.2, 0.25) is 5.02 Å². The van der Waals surface area contributed by atoms with Gasteiger partial charge in [-0.1, -0.05) is 41.9 Å². The monoisotopic (exact) mass is 340 g/mol. The summed E-state index contributed by atoms with van der Waals surface area (Å²) in [4.78, 5) is 1.45. The summed E-state index contributed by atoms with van der Waals surface area (Å²) < 4.78 is 5.93. The maximum absolute atomic E-state index is 6.04. The number of halogens is 1. The van der Waals surface area contributed by atoms with Crippen molar-refractivity contribution < 1.29 is 9.32 Å². The van der Waals surface area contributed by atoms with Gasteiger partial charge in [-0.25, -0.2) is 0 Å². The predicted octanol–water partition coefficient (Wildman–Crippen LogP) is 3.09. The highest BCUT2D eigenvalue weighted by Gasteiger charge is 2.28. The molecule has 0 saturated heterocycles. The fraction of sp³-hybridized carbons (Fsp3) is 0.263. The van der Waals surface area contributed by atoms with Gasteiger partial charge < -0.3 is 9.32 Å². The topological polar surface area (TPSA) is 43.4 Å². The molecule has 1 aliphatic heterocycles. The molecule has 2 atom stereocenters. The summed E-state index contributed by atoms with van der Waals surface area (Å²) in [5.41, 5.74) is 3.73. The first-order chi connectivity index (χ1) is 11.7. The Morgan fingerprint density at radius 3 is 2.75 bits per heavy atom. The standard InChI is InChI=1S/C19H18ClN3O/c1-13(23-10-9-14-5-2-3-6-16(14)12-23)18-21-22-19(24-18)15-7-4-8-17(20)11-15/h2-8,11,13H,9-10,12H2,1H3/p+1/t13-/m0/s1. The van der Waals surface area contributed by atoms with E-state index >= 15 is 0 Å². The third kappa shape index (κ3) is 2.95. The minimum atomic E-state index is 0.166. The number of rotatable bonds is 3. The third-order valence-electron chi connectivity index (χ3n) is 4.75. The van der Waals surface area contributed by atoms with E-state index in [9.17, 15) is 0 Å². The van der Waals surface area contributed by atoms with E-state index in [0.29, 0.717) is 16.8 Å². The van der Waals surface area contributed by atoms with E-state index < -0.39 is 0 Å². The molecule has 1 unspecified atom stereocenters. The van der Waals surface area contributed by atoms with E-state index in [2.05, 4.69) is 41.4 Å². The predicted molar refractivity (Wildman–Crippen MR) is 92.8 cm³/mol. The first kappa shape index (κ1) is 15.4. The lowest BCUT2D eigenvalue weighted by molar-refractivity contribution is -0.946. The van der Waals surface area contributed by atoms with Gasteiger partial charge >= 0.3 is 0 Å². The van der Waals surface area contributed by atoms with Crippen molar-refractivity contribution in [2.75, 3.05) is 6.54 Å². The summed E-state index contributed by atoms with van der Waals surface area (Å²) in [5.74, 6) is 1.20. The van der Waals surface area contributed by atoms with Crippen molar-refractivity contribution in [2.24, 2.45) is 0 Å². The van der Waals surface area contributed by atoms with Gasteiger partial charge in [-0.2, -0.15) is 0 Å². The minimum Gasteiger partial charge on any atom is -0.415 e. The van der Waals surface area contributed by atoms with E-state index in [1.165, 1.54) is 16.0 Å². The number of nitrogens with zero attached hydrogens (tertiary/aromatic N) is 2. The molecule has 0 saturated carbocycles. The second-order valence-corrected chi connectivity index (χ2v) is 6.72. The number of hydrogen-bond acceptors (Lipinski definition) is 3. The highest BCUT2D eigenvalue weighted by Crippen LogP contribution is 2.23. The number of nitrogens with one attached hydrogen (secondary N) is 1. The molecule has 3 aromatic rings. The molecule has 0 fully saturated rings. The quantitative estimate of drug-likeness (QED) is 0.796. The smallest absolute Gasteiger partial charge is 0.274 e. The minimum absolute atomic E-state index is 0.166. The SMILES string of the molecule is C[C@@H](c1nnc(-c2cccc(Cl)c2)o1)[NH+]1CCc2ccccc2C1. The molecule has 122 valence electrons. The Morgan fingerprint density at radius 1 is 1.08 bits per heavy atom. The molecule has 4 rings (SSSR count). The van der Waals surface area contributed by atoms with Crippen LogP contribution in [0.4, 0.5) is 0 Å². The van der Waals surface area contributed by atoms with Crippen molar-refractivity contribution in [3.05, 3.63) is 70.6 Å². The Labute approximate surface area is 146 Å². The largest absolute Gasteiger partial charge is 0.415 e. The molecule has 0 radical (unpaired) electrons.